The van der Waals surface area contributed by atoms with Gasteiger partial charge >= 0.3 is 0 Å². The first-order valence-corrected chi connectivity index (χ1v) is 37.0. The molecular formula is C94H93O13PRh-4. The maximum Gasteiger partial charge on any atom is 0.162 e. The smallest absolute Gasteiger partial charge is 0.162 e. The third-order valence-corrected chi connectivity index (χ3v) is 20.9. The molecular weight excluding hydrogens is 1470 g/mol. The Morgan fingerprint density at radius 1 is 0.514 bits per heavy atom. The van der Waals surface area contributed by atoms with Crippen molar-refractivity contribution in [2.75, 3.05) is 41.7 Å². The van der Waals surface area contributed by atoms with E-state index in [9.17, 15) is 15.3 Å². The molecule has 7 aliphatic rings. The van der Waals surface area contributed by atoms with Crippen LogP contribution in [0.5, 0.6) is 46.0 Å². The van der Waals surface area contributed by atoms with Gasteiger partial charge in [0.25, 0.3) is 0 Å². The van der Waals surface area contributed by atoms with E-state index in [4.69, 9.17) is 47.4 Å². The molecule has 0 aromatic heterocycles. The Kier molecular flexibility index (Phi) is 26.0. The fraction of sp³-hybridized carbons (Fsp3) is 0.234. The first kappa shape index (κ1) is 79.9. The second-order valence-corrected chi connectivity index (χ2v) is 29.0. The first-order valence-electron chi connectivity index (χ1n) is 36.0. The van der Waals surface area contributed by atoms with E-state index in [0.29, 0.717) is 78.6 Å². The maximum absolute atomic E-state index is 10.9. The molecule has 2 unspecified atom stereocenters. The van der Waals surface area contributed by atoms with Gasteiger partial charge in [0.05, 0.1) is 70.0 Å². The van der Waals surface area contributed by atoms with Crippen molar-refractivity contribution >= 4 is 80.2 Å². The van der Waals surface area contributed by atoms with Crippen LogP contribution in [0, 0.1) is 27.0 Å². The molecule has 6 heterocycles. The van der Waals surface area contributed by atoms with Crippen molar-refractivity contribution in [3.63, 3.8) is 0 Å². The van der Waals surface area contributed by atoms with Crippen LogP contribution in [-0.2, 0) is 42.2 Å². The molecule has 565 valence electrons. The van der Waals surface area contributed by atoms with Crippen LogP contribution in [0.4, 0.5) is 0 Å². The Morgan fingerprint density at radius 2 is 1.04 bits per heavy atom. The monoisotopic (exact) mass is 1560 g/mol. The zero-order chi connectivity index (χ0) is 73.5. The SMILES string of the molecule is C1=CCC/C=C\CC1.COC1=C2c3cc(OC)c(CO)cc3OC[C@H]2Oc2c1ccc1c2C(O)CC(C)(C)O1.COC1=C2c3cc(OC)c(CO)cc3OC[C@H]2Oc2c1ccc1c2C=CC(C)(C)O1.[CH3-].[CH3-].[Rh].[c-]1c(-c2c(Pc3ccccc3)ccc3ccccc23)c2ccccc2c2ccccc12.[c-]1ccccc1. The van der Waals surface area contributed by atoms with Crippen LogP contribution in [0.25, 0.3) is 72.2 Å². The van der Waals surface area contributed by atoms with Crippen molar-refractivity contribution in [2.24, 2.45) is 0 Å². The summed E-state index contributed by atoms with van der Waals surface area (Å²) in [6.07, 6.45) is 17.1. The standard InChI is InChI=1S/C30H20P.C24H26O7.C24H24O6.C8H12.C6H5.2CH3.Rh/c1-2-12-23(13-3-1)31-29-19-18-21-10-4-7-15-25(21)30(29)28-20-22-11-5-6-14-24(22)26-16-8-9-17-27(26)28;1-24(2)9-15(26)21-16(31-24)6-5-13-22(28-4)20-14-8-17(27-3)12(10-25)7-18(14)29-11-19(20)30-23(13)21;1-24(2)8-7-14-17(30-24)6-5-15-22(14)29-20-12-28-19-9-13(11-25)18(26-3)10-16(19)21(20)23(15)27-4;1-2-4-6-8-7-5-3-1;1-2-4-6-5-3-1;;;/h1-19,31H;5-8,15,19,25-26H,9-11H2,1-4H3;5-10,20,25H,11-12H2,1-4H3;1-2,7-8H,3-6H2;1-5H;2*1H3;/q-1;;;;3*-1;/b;;;2-1-,8-7?;;;;/t;15?,19-;20-;;;;;/m.11...../s1. The number of allylic oxidation sites excluding steroid dienone is 4. The molecule has 15 heteroatoms. The van der Waals surface area contributed by atoms with E-state index in [1.165, 1.54) is 74.4 Å². The summed E-state index contributed by atoms with van der Waals surface area (Å²) in [5, 5.41) is 40.4. The van der Waals surface area contributed by atoms with Gasteiger partial charge in [-0.2, -0.15) is 36.4 Å². The van der Waals surface area contributed by atoms with Gasteiger partial charge in [0.1, 0.15) is 81.9 Å². The Labute approximate surface area is 655 Å². The van der Waals surface area contributed by atoms with E-state index in [2.05, 4.69) is 152 Å². The van der Waals surface area contributed by atoms with Crippen LogP contribution in [-0.4, -0.2) is 80.4 Å². The summed E-state index contributed by atoms with van der Waals surface area (Å²) in [4.78, 5) is 0. The molecule has 11 aromatic rings. The molecule has 13 nitrogen and oxygen atoms in total. The minimum absolute atomic E-state index is 0. The van der Waals surface area contributed by atoms with Crippen molar-refractivity contribution in [2.45, 2.75) is 103 Å². The van der Waals surface area contributed by atoms with Crippen LogP contribution in [0.15, 0.2) is 225 Å². The Bertz CT molecular complexity index is 5160. The third kappa shape index (κ3) is 16.9. The Hall–Kier alpha value is -10.2. The Morgan fingerprint density at radius 3 is 1.60 bits per heavy atom. The van der Waals surface area contributed by atoms with Gasteiger partial charge in [-0.15, -0.1) is 23.1 Å². The first-order chi connectivity index (χ1) is 51.7. The average Bonchev–Trinajstić information content (AvgIpc) is 0.739. The summed E-state index contributed by atoms with van der Waals surface area (Å²) in [6.45, 7) is 8.28. The fourth-order valence-electron chi connectivity index (χ4n) is 14.7. The van der Waals surface area contributed by atoms with Gasteiger partial charge in [0, 0.05) is 59.3 Å². The molecule has 0 spiro atoms. The largest absolute Gasteiger partial charge is 0.496 e. The summed E-state index contributed by atoms with van der Waals surface area (Å²) in [7, 11) is 7.03. The summed E-state index contributed by atoms with van der Waals surface area (Å²) in [6, 6.07) is 72.7. The molecule has 6 aliphatic heterocycles. The topological polar surface area (TPSA) is 153 Å². The molecule has 3 N–H and O–H groups in total. The van der Waals surface area contributed by atoms with Gasteiger partial charge in [-0.1, -0.05) is 164 Å². The maximum atomic E-state index is 10.9. The molecule has 0 saturated heterocycles. The van der Waals surface area contributed by atoms with Crippen molar-refractivity contribution in [1.82, 2.24) is 0 Å². The van der Waals surface area contributed by atoms with Gasteiger partial charge in [-0.25, -0.2) is 0 Å². The third-order valence-electron chi connectivity index (χ3n) is 19.6. The van der Waals surface area contributed by atoms with Crippen LogP contribution in [0.3, 0.4) is 0 Å². The quantitative estimate of drug-likeness (QED) is 0.0413. The molecule has 0 bridgehead atoms. The molecule has 1 radical (unpaired) electrons. The fourth-order valence-corrected chi connectivity index (χ4v) is 15.9. The number of ether oxygens (including phenoxy) is 10. The van der Waals surface area contributed by atoms with E-state index in [1.54, 1.807) is 34.5 Å². The summed E-state index contributed by atoms with van der Waals surface area (Å²) in [5.41, 5.74) is 9.57. The molecule has 0 fully saturated rings. The van der Waals surface area contributed by atoms with E-state index in [-0.39, 0.29) is 65.9 Å². The number of benzene rings is 11. The molecule has 11 aromatic carbocycles. The van der Waals surface area contributed by atoms with E-state index in [0.717, 1.165) is 61.6 Å². The summed E-state index contributed by atoms with van der Waals surface area (Å²) < 4.78 is 59.7. The zero-order valence-electron chi connectivity index (χ0n) is 63.3. The molecule has 1 aliphatic carbocycles. The van der Waals surface area contributed by atoms with Crippen LogP contribution >= 0.6 is 8.58 Å². The van der Waals surface area contributed by atoms with Crippen molar-refractivity contribution < 1.29 is 82.2 Å². The van der Waals surface area contributed by atoms with Crippen LogP contribution in [0.1, 0.15) is 110 Å². The number of aliphatic hydroxyl groups excluding tert-OH is 3. The number of rotatable bonds is 9. The van der Waals surface area contributed by atoms with Crippen LogP contribution in [0.2, 0.25) is 0 Å². The molecule has 4 atom stereocenters. The van der Waals surface area contributed by atoms with E-state index in [1.807, 2.05) is 113 Å². The van der Waals surface area contributed by atoms with Gasteiger partial charge in [0.15, 0.2) is 12.2 Å². The van der Waals surface area contributed by atoms with Gasteiger partial charge in [-0.3, -0.25) is 0 Å². The van der Waals surface area contributed by atoms with Crippen LogP contribution < -0.4 is 48.5 Å². The zero-order valence-corrected chi connectivity index (χ0v) is 65.9. The second kappa shape index (κ2) is 35.5. The van der Waals surface area contributed by atoms with E-state index >= 15 is 0 Å². The molecule has 0 amide bonds. The number of hydrogen-bond donors (Lipinski definition) is 3. The van der Waals surface area contributed by atoms with E-state index < -0.39 is 17.8 Å². The van der Waals surface area contributed by atoms with Gasteiger partial charge in [-0.05, 0) is 135 Å². The normalized spacial score (nSPS) is 17.5. The van der Waals surface area contributed by atoms with Gasteiger partial charge < -0.3 is 77.5 Å². The average molecular weight is 1560 g/mol. The predicted octanol–water partition coefficient (Wildman–Crippen LogP) is 19.8. The van der Waals surface area contributed by atoms with Crippen molar-refractivity contribution in [3.8, 4) is 57.1 Å². The van der Waals surface area contributed by atoms with Crippen molar-refractivity contribution in [1.29, 1.82) is 0 Å². The number of methoxy groups -OCH3 is 4. The number of hydrogen-bond acceptors (Lipinski definition) is 13. The molecule has 0 saturated carbocycles. The minimum atomic E-state index is -0.711. The minimum Gasteiger partial charge on any atom is -0.496 e. The molecule has 109 heavy (non-hydrogen) atoms. The second-order valence-electron chi connectivity index (χ2n) is 27.7. The number of fused-ring (bicyclic) bond motifs is 16. The molecule has 18 rings (SSSR count). The Balaban J connectivity index is 0.000000147. The van der Waals surface area contributed by atoms with Gasteiger partial charge in [0.2, 0.25) is 0 Å². The summed E-state index contributed by atoms with van der Waals surface area (Å²) >= 11 is 0. The predicted molar refractivity (Wildman–Crippen MR) is 438 cm³/mol. The van der Waals surface area contributed by atoms with Crippen molar-refractivity contribution in [3.05, 3.63) is 296 Å². The number of aliphatic hydroxyl groups is 3. The summed E-state index contributed by atoms with van der Waals surface area (Å²) in [5.74, 6) is 6.58.